The van der Waals surface area contributed by atoms with Crippen LogP contribution in [0.25, 0.3) is 5.76 Å². The molecule has 2 aromatic carbocycles. The van der Waals surface area contributed by atoms with Crippen LogP contribution in [0.1, 0.15) is 23.4 Å². The Hall–Kier alpha value is -3.33. The fourth-order valence-electron chi connectivity index (χ4n) is 4.78. The van der Waals surface area contributed by atoms with E-state index in [0.29, 0.717) is 28.6 Å². The monoisotopic (exact) mass is 537 g/mol. The summed E-state index contributed by atoms with van der Waals surface area (Å²) in [4.78, 5) is 33.6. The van der Waals surface area contributed by atoms with E-state index in [9.17, 15) is 14.7 Å². The van der Waals surface area contributed by atoms with Crippen molar-refractivity contribution in [2.45, 2.75) is 13.0 Å². The van der Waals surface area contributed by atoms with Gasteiger partial charge >= 0.3 is 0 Å². The van der Waals surface area contributed by atoms with Crippen molar-refractivity contribution in [3.8, 4) is 5.75 Å². The van der Waals surface area contributed by atoms with Gasteiger partial charge in [-0.25, -0.2) is 0 Å². The molecule has 7 nitrogen and oxygen atoms in total. The van der Waals surface area contributed by atoms with Crippen LogP contribution >= 0.6 is 22.9 Å². The molecule has 1 atom stereocenters. The maximum Gasteiger partial charge on any atom is 0.300 e. The number of Topliss-reactive ketones (excluding diaryl/α,β-unsaturated/α-hetero) is 1. The first-order valence-corrected chi connectivity index (χ1v) is 13.5. The molecule has 1 amide bonds. The summed E-state index contributed by atoms with van der Waals surface area (Å²) in [6.07, 6.45) is 0. The highest BCUT2D eigenvalue weighted by atomic mass is 35.5. The number of aliphatic hydroxyl groups is 1. The number of nitrogens with zero attached hydrogens (tertiary/aromatic N) is 3. The van der Waals surface area contributed by atoms with Crippen LogP contribution in [0.4, 0.5) is 11.4 Å². The highest BCUT2D eigenvalue weighted by molar-refractivity contribution is 7.10. The van der Waals surface area contributed by atoms with E-state index in [1.807, 2.05) is 48.7 Å². The number of hydrogen-bond acceptors (Lipinski definition) is 7. The summed E-state index contributed by atoms with van der Waals surface area (Å²) in [7, 11) is 2.11. The zero-order valence-corrected chi connectivity index (χ0v) is 22.3. The number of halogens is 1. The number of thiophene rings is 1. The number of piperazine rings is 1. The van der Waals surface area contributed by atoms with Crippen LogP contribution in [-0.4, -0.2) is 61.5 Å². The van der Waals surface area contributed by atoms with Gasteiger partial charge in [-0.1, -0.05) is 17.7 Å². The topological polar surface area (TPSA) is 73.3 Å². The van der Waals surface area contributed by atoms with Crippen LogP contribution in [0.2, 0.25) is 5.02 Å². The standard InChI is InChI=1S/C28H28ClN3O4S/c1-3-36-22-17-18(6-11-21(22)29)26(33)24-25(23-5-4-16-37-23)32(28(35)27(24)34)20-9-7-19(8-10-20)31-14-12-30(2)13-15-31/h4-11,16-17,25,33H,3,12-15H2,1-2H3/b26-24-. The highest BCUT2D eigenvalue weighted by Crippen LogP contribution is 2.44. The van der Waals surface area contributed by atoms with E-state index in [-0.39, 0.29) is 11.3 Å². The number of amides is 1. The maximum absolute atomic E-state index is 13.4. The molecule has 192 valence electrons. The van der Waals surface area contributed by atoms with Gasteiger partial charge in [0, 0.05) is 48.0 Å². The lowest BCUT2D eigenvalue weighted by molar-refractivity contribution is -0.132. The molecule has 0 spiro atoms. The molecule has 1 unspecified atom stereocenters. The number of rotatable bonds is 6. The Labute approximate surface area is 225 Å². The first-order chi connectivity index (χ1) is 17.9. The minimum atomic E-state index is -0.749. The maximum atomic E-state index is 13.4. The summed E-state index contributed by atoms with van der Waals surface area (Å²) < 4.78 is 5.56. The largest absolute Gasteiger partial charge is 0.507 e. The molecule has 1 aromatic heterocycles. The smallest absolute Gasteiger partial charge is 0.300 e. The van der Waals surface area contributed by atoms with Gasteiger partial charge in [0.2, 0.25) is 0 Å². The van der Waals surface area contributed by atoms with E-state index in [0.717, 1.165) is 36.7 Å². The predicted molar refractivity (Wildman–Crippen MR) is 148 cm³/mol. The van der Waals surface area contributed by atoms with Gasteiger partial charge in [-0.3, -0.25) is 14.5 Å². The number of hydrogen-bond donors (Lipinski definition) is 1. The van der Waals surface area contributed by atoms with E-state index in [1.165, 1.54) is 16.2 Å². The quantitative estimate of drug-likeness (QED) is 0.265. The van der Waals surface area contributed by atoms with Crippen molar-refractivity contribution in [3.05, 3.63) is 81.0 Å². The Balaban J connectivity index is 1.55. The molecule has 2 fully saturated rings. The average Bonchev–Trinajstić information content (AvgIpc) is 3.52. The fourth-order valence-corrected chi connectivity index (χ4v) is 5.77. The Morgan fingerprint density at radius 1 is 1.05 bits per heavy atom. The fraction of sp³-hybridized carbons (Fsp3) is 0.286. The van der Waals surface area contributed by atoms with Crippen molar-refractivity contribution in [2.75, 3.05) is 49.6 Å². The van der Waals surface area contributed by atoms with Gasteiger partial charge in [0.25, 0.3) is 11.7 Å². The number of anilines is 2. The van der Waals surface area contributed by atoms with Crippen molar-refractivity contribution >= 4 is 51.8 Å². The van der Waals surface area contributed by atoms with Crippen molar-refractivity contribution in [1.82, 2.24) is 4.90 Å². The molecule has 3 heterocycles. The average molecular weight is 538 g/mol. The molecule has 0 radical (unpaired) electrons. The molecule has 37 heavy (non-hydrogen) atoms. The third kappa shape index (κ3) is 4.84. The summed E-state index contributed by atoms with van der Waals surface area (Å²) in [5, 5.41) is 13.6. The van der Waals surface area contributed by atoms with Gasteiger partial charge in [-0.2, -0.15) is 0 Å². The summed E-state index contributed by atoms with van der Waals surface area (Å²) >= 11 is 7.65. The Morgan fingerprint density at radius 3 is 2.41 bits per heavy atom. The second kappa shape index (κ2) is 10.6. The summed E-state index contributed by atoms with van der Waals surface area (Å²) in [6, 6.07) is 15.5. The van der Waals surface area contributed by atoms with Crippen LogP contribution in [0.5, 0.6) is 5.75 Å². The van der Waals surface area contributed by atoms with E-state index >= 15 is 0 Å². The molecule has 0 bridgehead atoms. The number of aliphatic hydroxyl groups excluding tert-OH is 1. The first kappa shape index (κ1) is 25.3. The molecule has 2 aliphatic heterocycles. The van der Waals surface area contributed by atoms with Crippen LogP contribution in [-0.2, 0) is 9.59 Å². The summed E-state index contributed by atoms with van der Waals surface area (Å²) in [5.74, 6) is -1.27. The van der Waals surface area contributed by atoms with Crippen LogP contribution < -0.4 is 14.5 Å². The Morgan fingerprint density at radius 2 is 1.76 bits per heavy atom. The van der Waals surface area contributed by atoms with Crippen molar-refractivity contribution in [1.29, 1.82) is 0 Å². The molecule has 1 N–H and O–H groups in total. The molecule has 5 rings (SSSR count). The predicted octanol–water partition coefficient (Wildman–Crippen LogP) is 5.18. The first-order valence-electron chi connectivity index (χ1n) is 12.2. The lowest BCUT2D eigenvalue weighted by Crippen LogP contribution is -2.44. The second-order valence-corrected chi connectivity index (χ2v) is 10.5. The minimum absolute atomic E-state index is 0.0420. The molecule has 9 heteroatoms. The molecule has 0 saturated carbocycles. The molecule has 2 aliphatic rings. The number of likely N-dealkylation sites (N-methyl/N-ethyl adjacent to an activating group) is 1. The Kier molecular flexibility index (Phi) is 7.24. The van der Waals surface area contributed by atoms with Crippen molar-refractivity contribution in [2.24, 2.45) is 0 Å². The van der Waals surface area contributed by atoms with Gasteiger partial charge in [-0.05, 0) is 67.9 Å². The number of carbonyl (C=O) groups excluding carboxylic acids is 2. The van der Waals surface area contributed by atoms with Crippen LogP contribution in [0, 0.1) is 0 Å². The molecular formula is C28H28ClN3O4S. The van der Waals surface area contributed by atoms with Gasteiger partial charge in [0.05, 0.1) is 17.2 Å². The van der Waals surface area contributed by atoms with Crippen molar-refractivity contribution in [3.63, 3.8) is 0 Å². The van der Waals surface area contributed by atoms with Gasteiger partial charge in [0.15, 0.2) is 0 Å². The lowest BCUT2D eigenvalue weighted by Gasteiger charge is -2.34. The van der Waals surface area contributed by atoms with E-state index in [2.05, 4.69) is 16.8 Å². The highest BCUT2D eigenvalue weighted by Gasteiger charge is 2.47. The van der Waals surface area contributed by atoms with Gasteiger partial charge < -0.3 is 19.6 Å². The zero-order chi connectivity index (χ0) is 26.1. The van der Waals surface area contributed by atoms with Crippen LogP contribution in [0.3, 0.4) is 0 Å². The second-order valence-electron chi connectivity index (χ2n) is 9.07. The minimum Gasteiger partial charge on any atom is -0.507 e. The number of benzene rings is 2. The summed E-state index contributed by atoms with van der Waals surface area (Å²) in [6.45, 7) is 6.07. The molecule has 2 saturated heterocycles. The van der Waals surface area contributed by atoms with Gasteiger partial charge in [0.1, 0.15) is 17.6 Å². The molecular weight excluding hydrogens is 510 g/mol. The number of ketones is 1. The van der Waals surface area contributed by atoms with Gasteiger partial charge in [-0.15, -0.1) is 11.3 Å². The molecule has 3 aromatic rings. The van der Waals surface area contributed by atoms with E-state index < -0.39 is 17.7 Å². The SMILES string of the molecule is CCOc1cc(/C(O)=C2/C(=O)C(=O)N(c3ccc(N4CCN(C)CC4)cc3)C2c2cccs2)ccc1Cl. The lowest BCUT2D eigenvalue weighted by atomic mass is 9.99. The number of ether oxygens (including phenoxy) is 1. The summed E-state index contributed by atoms with van der Waals surface area (Å²) in [5.41, 5.74) is 2.08. The third-order valence-corrected chi connectivity index (χ3v) is 7.99. The van der Waals surface area contributed by atoms with Crippen LogP contribution in [0.15, 0.2) is 65.6 Å². The van der Waals surface area contributed by atoms with E-state index in [1.54, 1.807) is 18.2 Å². The zero-order valence-electron chi connectivity index (χ0n) is 20.7. The Bertz CT molecular complexity index is 1330. The third-order valence-electron chi connectivity index (χ3n) is 6.76. The molecule has 0 aliphatic carbocycles. The van der Waals surface area contributed by atoms with E-state index in [4.69, 9.17) is 16.3 Å². The number of carbonyl (C=O) groups is 2. The van der Waals surface area contributed by atoms with Crippen molar-refractivity contribution < 1.29 is 19.4 Å². The normalized spacial score (nSPS) is 20.0.